The maximum absolute atomic E-state index is 4.38. The van der Waals surface area contributed by atoms with Crippen molar-refractivity contribution in [1.29, 1.82) is 0 Å². The summed E-state index contributed by atoms with van der Waals surface area (Å²) >= 11 is 3.39. The van der Waals surface area contributed by atoms with E-state index in [4.69, 9.17) is 0 Å². The van der Waals surface area contributed by atoms with Gasteiger partial charge in [0.05, 0.1) is 0 Å². The summed E-state index contributed by atoms with van der Waals surface area (Å²) in [5.41, 5.74) is 2.65. The first-order valence-electron chi connectivity index (χ1n) is 5.54. The first-order valence-corrected chi connectivity index (χ1v) is 6.33. The molecule has 3 heteroatoms. The third kappa shape index (κ3) is 3.07. The number of pyridine rings is 1. The van der Waals surface area contributed by atoms with Crippen LogP contribution < -0.4 is 4.90 Å². The van der Waals surface area contributed by atoms with E-state index in [1.54, 1.807) is 0 Å². The fraction of sp³-hybridized carbons (Fsp3) is 0.214. The van der Waals surface area contributed by atoms with Crippen LogP contribution in [0.2, 0.25) is 0 Å². The number of halogens is 1. The Morgan fingerprint density at radius 3 is 2.59 bits per heavy atom. The molecule has 0 atom stereocenters. The number of benzene rings is 1. The molecule has 1 aromatic carbocycles. The van der Waals surface area contributed by atoms with Crippen LogP contribution in [0, 0.1) is 6.92 Å². The van der Waals surface area contributed by atoms with Crippen molar-refractivity contribution in [2.45, 2.75) is 13.5 Å². The minimum Gasteiger partial charge on any atom is -0.355 e. The van der Waals surface area contributed by atoms with E-state index in [-0.39, 0.29) is 0 Å². The van der Waals surface area contributed by atoms with Crippen molar-refractivity contribution in [3.05, 3.63) is 58.2 Å². The number of aromatic nitrogens is 1. The third-order valence-corrected chi connectivity index (χ3v) is 3.24. The van der Waals surface area contributed by atoms with E-state index in [1.165, 1.54) is 11.1 Å². The fourth-order valence-corrected chi connectivity index (χ4v) is 1.95. The lowest BCUT2D eigenvalue weighted by molar-refractivity contribution is 0.890. The Kier molecular flexibility index (Phi) is 3.79. The van der Waals surface area contributed by atoms with Gasteiger partial charge in [0.1, 0.15) is 5.82 Å². The van der Waals surface area contributed by atoms with Crippen molar-refractivity contribution in [2.24, 2.45) is 0 Å². The molecule has 0 spiro atoms. The maximum Gasteiger partial charge on any atom is 0.128 e. The molecule has 0 unspecified atom stereocenters. The first-order chi connectivity index (χ1) is 8.16. The molecule has 0 saturated carbocycles. The quantitative estimate of drug-likeness (QED) is 0.855. The van der Waals surface area contributed by atoms with Gasteiger partial charge in [-0.3, -0.25) is 0 Å². The van der Waals surface area contributed by atoms with Crippen LogP contribution in [-0.2, 0) is 6.54 Å². The number of rotatable bonds is 3. The zero-order chi connectivity index (χ0) is 12.3. The van der Waals surface area contributed by atoms with Gasteiger partial charge in [-0.05, 0) is 46.1 Å². The van der Waals surface area contributed by atoms with Crippen molar-refractivity contribution in [2.75, 3.05) is 11.9 Å². The lowest BCUT2D eigenvalue weighted by Gasteiger charge is -2.19. The molecule has 0 bridgehead atoms. The van der Waals surface area contributed by atoms with Crippen LogP contribution in [0.3, 0.4) is 0 Å². The standard InChI is InChI=1S/C14H15BrN2/c1-11-5-3-4-6-12(11)10-17(2)14-8-7-13(15)9-16-14/h3-9H,10H2,1-2H3. The minimum atomic E-state index is 0.876. The molecule has 0 fully saturated rings. The predicted molar refractivity (Wildman–Crippen MR) is 75.2 cm³/mol. The largest absolute Gasteiger partial charge is 0.355 e. The number of anilines is 1. The summed E-state index contributed by atoms with van der Waals surface area (Å²) < 4.78 is 1.01. The number of hydrogen-bond acceptors (Lipinski definition) is 2. The SMILES string of the molecule is Cc1ccccc1CN(C)c1ccc(Br)cn1. The van der Waals surface area contributed by atoms with E-state index in [9.17, 15) is 0 Å². The molecule has 1 heterocycles. The Morgan fingerprint density at radius 2 is 1.94 bits per heavy atom. The molecule has 0 aliphatic rings. The predicted octanol–water partition coefficient (Wildman–Crippen LogP) is 3.79. The minimum absolute atomic E-state index is 0.876. The van der Waals surface area contributed by atoms with Gasteiger partial charge in [-0.1, -0.05) is 24.3 Å². The van der Waals surface area contributed by atoms with E-state index in [0.717, 1.165) is 16.8 Å². The van der Waals surface area contributed by atoms with Crippen LogP contribution in [0.25, 0.3) is 0 Å². The Labute approximate surface area is 110 Å². The summed E-state index contributed by atoms with van der Waals surface area (Å²) in [4.78, 5) is 6.53. The second kappa shape index (κ2) is 5.32. The number of hydrogen-bond donors (Lipinski definition) is 0. The molecule has 0 aliphatic heterocycles. The van der Waals surface area contributed by atoms with Crippen LogP contribution in [0.1, 0.15) is 11.1 Å². The molecule has 0 amide bonds. The molecular weight excluding hydrogens is 276 g/mol. The fourth-order valence-electron chi connectivity index (χ4n) is 1.72. The van der Waals surface area contributed by atoms with Gasteiger partial charge in [0.25, 0.3) is 0 Å². The van der Waals surface area contributed by atoms with Crippen molar-refractivity contribution >= 4 is 21.7 Å². The third-order valence-electron chi connectivity index (χ3n) is 2.77. The van der Waals surface area contributed by atoms with E-state index < -0.39 is 0 Å². The summed E-state index contributed by atoms with van der Waals surface area (Å²) in [6, 6.07) is 12.5. The first kappa shape index (κ1) is 12.1. The van der Waals surface area contributed by atoms with Gasteiger partial charge in [-0.15, -0.1) is 0 Å². The lowest BCUT2D eigenvalue weighted by atomic mass is 10.1. The van der Waals surface area contributed by atoms with Crippen molar-refractivity contribution in [3.8, 4) is 0 Å². The Morgan fingerprint density at radius 1 is 1.18 bits per heavy atom. The van der Waals surface area contributed by atoms with Crippen LogP contribution in [0.5, 0.6) is 0 Å². The van der Waals surface area contributed by atoms with Gasteiger partial charge in [-0.2, -0.15) is 0 Å². The topological polar surface area (TPSA) is 16.1 Å². The van der Waals surface area contributed by atoms with E-state index in [1.807, 2.05) is 18.3 Å². The van der Waals surface area contributed by atoms with E-state index in [0.29, 0.717) is 0 Å². The molecule has 0 aliphatic carbocycles. The zero-order valence-electron chi connectivity index (χ0n) is 10.0. The molecule has 0 N–H and O–H groups in total. The molecule has 2 aromatic rings. The number of aryl methyl sites for hydroxylation is 1. The van der Waals surface area contributed by atoms with Crippen LogP contribution in [-0.4, -0.2) is 12.0 Å². The van der Waals surface area contributed by atoms with Crippen LogP contribution in [0.4, 0.5) is 5.82 Å². The Hall–Kier alpha value is -1.35. The van der Waals surface area contributed by atoms with Gasteiger partial charge in [0, 0.05) is 24.3 Å². The molecule has 0 saturated heterocycles. The summed E-state index contributed by atoms with van der Waals surface area (Å²) in [7, 11) is 2.06. The summed E-state index contributed by atoms with van der Waals surface area (Å²) in [5, 5.41) is 0. The molecule has 88 valence electrons. The Bertz CT molecular complexity index is 494. The summed E-state index contributed by atoms with van der Waals surface area (Å²) in [5.74, 6) is 0.983. The highest BCUT2D eigenvalue weighted by Crippen LogP contribution is 2.17. The highest BCUT2D eigenvalue weighted by molar-refractivity contribution is 9.10. The van der Waals surface area contributed by atoms with Crippen molar-refractivity contribution in [1.82, 2.24) is 4.98 Å². The second-order valence-corrected chi connectivity index (χ2v) is 5.03. The average molecular weight is 291 g/mol. The monoisotopic (exact) mass is 290 g/mol. The van der Waals surface area contributed by atoms with Crippen molar-refractivity contribution in [3.63, 3.8) is 0 Å². The Balaban J connectivity index is 2.14. The molecular formula is C14H15BrN2. The van der Waals surface area contributed by atoms with Gasteiger partial charge in [0.15, 0.2) is 0 Å². The maximum atomic E-state index is 4.38. The van der Waals surface area contributed by atoms with Crippen molar-refractivity contribution < 1.29 is 0 Å². The van der Waals surface area contributed by atoms with Crippen LogP contribution >= 0.6 is 15.9 Å². The van der Waals surface area contributed by atoms with Crippen LogP contribution in [0.15, 0.2) is 47.1 Å². The average Bonchev–Trinajstić information content (AvgIpc) is 2.33. The normalized spacial score (nSPS) is 10.3. The smallest absolute Gasteiger partial charge is 0.128 e. The van der Waals surface area contributed by atoms with Gasteiger partial charge in [-0.25, -0.2) is 4.98 Å². The number of nitrogens with zero attached hydrogens (tertiary/aromatic N) is 2. The molecule has 0 radical (unpaired) electrons. The van der Waals surface area contributed by atoms with Gasteiger partial charge in [0.2, 0.25) is 0 Å². The van der Waals surface area contributed by atoms with E-state index >= 15 is 0 Å². The van der Waals surface area contributed by atoms with E-state index in [2.05, 4.69) is 64.1 Å². The summed E-state index contributed by atoms with van der Waals surface area (Å²) in [6.45, 7) is 3.01. The highest BCUT2D eigenvalue weighted by atomic mass is 79.9. The summed E-state index contributed by atoms with van der Waals surface area (Å²) in [6.07, 6.45) is 1.82. The highest BCUT2D eigenvalue weighted by Gasteiger charge is 2.04. The molecule has 1 aromatic heterocycles. The van der Waals surface area contributed by atoms with Gasteiger partial charge < -0.3 is 4.90 Å². The lowest BCUT2D eigenvalue weighted by Crippen LogP contribution is -2.18. The molecule has 17 heavy (non-hydrogen) atoms. The second-order valence-electron chi connectivity index (χ2n) is 4.12. The molecule has 2 nitrogen and oxygen atoms in total. The molecule has 2 rings (SSSR count). The zero-order valence-corrected chi connectivity index (χ0v) is 11.6. The van der Waals surface area contributed by atoms with Gasteiger partial charge >= 0.3 is 0 Å².